The van der Waals surface area contributed by atoms with E-state index >= 15 is 0 Å². The zero-order valence-electron chi connectivity index (χ0n) is 15.9. The first-order valence-corrected chi connectivity index (χ1v) is 9.46. The SMILES string of the molecule is CCCNc1nc(NCCC)nc(N(c2ccccc2)c2ccccc2)n1. The van der Waals surface area contributed by atoms with Gasteiger partial charge in [0.25, 0.3) is 0 Å². The summed E-state index contributed by atoms with van der Waals surface area (Å²) in [7, 11) is 0. The molecule has 3 aromatic rings. The van der Waals surface area contributed by atoms with Crippen molar-refractivity contribution in [2.75, 3.05) is 28.6 Å². The third-order valence-electron chi connectivity index (χ3n) is 3.92. The number of aromatic nitrogens is 3. The van der Waals surface area contributed by atoms with Gasteiger partial charge in [0, 0.05) is 24.5 Å². The smallest absolute Gasteiger partial charge is 0.241 e. The van der Waals surface area contributed by atoms with E-state index in [-0.39, 0.29) is 0 Å². The lowest BCUT2D eigenvalue weighted by atomic mass is 10.2. The maximum absolute atomic E-state index is 4.68. The Bertz CT molecular complexity index is 757. The van der Waals surface area contributed by atoms with Crippen LogP contribution in [0.15, 0.2) is 60.7 Å². The molecule has 0 atom stereocenters. The molecule has 6 heteroatoms. The fourth-order valence-electron chi connectivity index (χ4n) is 2.63. The Morgan fingerprint density at radius 2 is 1.11 bits per heavy atom. The molecule has 140 valence electrons. The fraction of sp³-hybridized carbons (Fsp3) is 0.286. The molecule has 0 aliphatic rings. The molecule has 6 nitrogen and oxygen atoms in total. The highest BCUT2D eigenvalue weighted by Gasteiger charge is 2.17. The van der Waals surface area contributed by atoms with Crippen LogP contribution in [-0.2, 0) is 0 Å². The number of nitrogens with zero attached hydrogens (tertiary/aromatic N) is 4. The van der Waals surface area contributed by atoms with Gasteiger partial charge in [-0.15, -0.1) is 0 Å². The van der Waals surface area contributed by atoms with Crippen LogP contribution in [0, 0.1) is 0 Å². The second kappa shape index (κ2) is 9.52. The van der Waals surface area contributed by atoms with Crippen LogP contribution in [0.1, 0.15) is 26.7 Å². The molecule has 0 saturated heterocycles. The average molecular weight is 362 g/mol. The van der Waals surface area contributed by atoms with Gasteiger partial charge in [0.2, 0.25) is 17.8 Å². The highest BCUT2D eigenvalue weighted by molar-refractivity contribution is 5.73. The third kappa shape index (κ3) is 4.94. The van der Waals surface area contributed by atoms with Crippen molar-refractivity contribution in [1.82, 2.24) is 15.0 Å². The van der Waals surface area contributed by atoms with E-state index in [9.17, 15) is 0 Å². The van der Waals surface area contributed by atoms with Crippen LogP contribution < -0.4 is 15.5 Å². The first-order valence-electron chi connectivity index (χ1n) is 9.46. The zero-order valence-corrected chi connectivity index (χ0v) is 15.9. The van der Waals surface area contributed by atoms with Gasteiger partial charge in [0.05, 0.1) is 0 Å². The minimum Gasteiger partial charge on any atom is -0.354 e. The molecule has 0 saturated carbocycles. The minimum absolute atomic E-state index is 0.581. The summed E-state index contributed by atoms with van der Waals surface area (Å²) in [6, 6.07) is 20.3. The molecule has 2 aromatic carbocycles. The van der Waals surface area contributed by atoms with Crippen LogP contribution in [0.4, 0.5) is 29.2 Å². The van der Waals surface area contributed by atoms with Crippen LogP contribution in [0.2, 0.25) is 0 Å². The first kappa shape index (κ1) is 18.6. The van der Waals surface area contributed by atoms with Gasteiger partial charge in [-0.05, 0) is 37.1 Å². The monoisotopic (exact) mass is 362 g/mol. The van der Waals surface area contributed by atoms with Crippen molar-refractivity contribution in [2.45, 2.75) is 26.7 Å². The summed E-state index contributed by atoms with van der Waals surface area (Å²) < 4.78 is 0. The fourth-order valence-corrected chi connectivity index (χ4v) is 2.63. The maximum atomic E-state index is 4.68. The van der Waals surface area contributed by atoms with E-state index in [1.807, 2.05) is 41.3 Å². The number of hydrogen-bond acceptors (Lipinski definition) is 6. The molecule has 0 bridgehead atoms. The molecule has 1 heterocycles. The van der Waals surface area contributed by atoms with E-state index in [2.05, 4.69) is 63.7 Å². The average Bonchev–Trinajstić information content (AvgIpc) is 2.72. The summed E-state index contributed by atoms with van der Waals surface area (Å²) in [5.41, 5.74) is 2.00. The lowest BCUT2D eigenvalue weighted by Gasteiger charge is -2.23. The van der Waals surface area contributed by atoms with Gasteiger partial charge in [-0.1, -0.05) is 50.2 Å². The van der Waals surface area contributed by atoms with Crippen LogP contribution in [0.25, 0.3) is 0 Å². The van der Waals surface area contributed by atoms with Crippen molar-refractivity contribution in [3.8, 4) is 0 Å². The molecule has 0 amide bonds. The molecule has 3 rings (SSSR count). The molecule has 0 fully saturated rings. The van der Waals surface area contributed by atoms with E-state index in [0.717, 1.165) is 37.3 Å². The first-order chi connectivity index (χ1) is 13.3. The summed E-state index contributed by atoms with van der Waals surface area (Å²) in [5, 5.41) is 6.56. The molecule has 0 unspecified atom stereocenters. The summed E-state index contributed by atoms with van der Waals surface area (Å²) >= 11 is 0. The van der Waals surface area contributed by atoms with Gasteiger partial charge in [-0.25, -0.2) is 0 Å². The van der Waals surface area contributed by atoms with E-state index in [1.165, 1.54) is 0 Å². The molecular weight excluding hydrogens is 336 g/mol. The van der Waals surface area contributed by atoms with Crippen molar-refractivity contribution in [3.63, 3.8) is 0 Å². The normalized spacial score (nSPS) is 10.4. The van der Waals surface area contributed by atoms with Gasteiger partial charge >= 0.3 is 0 Å². The van der Waals surface area contributed by atoms with Crippen molar-refractivity contribution < 1.29 is 0 Å². The lowest BCUT2D eigenvalue weighted by molar-refractivity contribution is 0.911. The van der Waals surface area contributed by atoms with E-state index in [0.29, 0.717) is 17.8 Å². The molecule has 0 aliphatic carbocycles. The summed E-state index contributed by atoms with van der Waals surface area (Å²) in [6.07, 6.45) is 2.00. The number of para-hydroxylation sites is 2. The van der Waals surface area contributed by atoms with Gasteiger partial charge in [0.15, 0.2) is 0 Å². The van der Waals surface area contributed by atoms with Gasteiger partial charge in [-0.3, -0.25) is 4.90 Å². The molecular formula is C21H26N6. The number of nitrogens with one attached hydrogen (secondary N) is 2. The summed E-state index contributed by atoms with van der Waals surface area (Å²) in [5.74, 6) is 1.74. The van der Waals surface area contributed by atoms with E-state index in [1.54, 1.807) is 0 Å². The molecule has 1 aromatic heterocycles. The van der Waals surface area contributed by atoms with E-state index in [4.69, 9.17) is 0 Å². The van der Waals surface area contributed by atoms with Crippen molar-refractivity contribution in [1.29, 1.82) is 0 Å². The minimum atomic E-state index is 0.581. The molecule has 0 radical (unpaired) electrons. The molecule has 0 aliphatic heterocycles. The van der Waals surface area contributed by atoms with Gasteiger partial charge in [-0.2, -0.15) is 15.0 Å². The lowest BCUT2D eigenvalue weighted by Crippen LogP contribution is -2.17. The van der Waals surface area contributed by atoms with Crippen LogP contribution >= 0.6 is 0 Å². The highest BCUT2D eigenvalue weighted by Crippen LogP contribution is 2.32. The second-order valence-corrected chi connectivity index (χ2v) is 6.14. The van der Waals surface area contributed by atoms with Crippen molar-refractivity contribution in [2.24, 2.45) is 0 Å². The molecule has 2 N–H and O–H groups in total. The highest BCUT2D eigenvalue weighted by atomic mass is 15.3. The van der Waals surface area contributed by atoms with Crippen LogP contribution in [-0.4, -0.2) is 28.0 Å². The van der Waals surface area contributed by atoms with Crippen LogP contribution in [0.5, 0.6) is 0 Å². The Morgan fingerprint density at radius 1 is 0.667 bits per heavy atom. The van der Waals surface area contributed by atoms with Gasteiger partial charge in [0.1, 0.15) is 0 Å². The second-order valence-electron chi connectivity index (χ2n) is 6.14. The summed E-state index contributed by atoms with van der Waals surface area (Å²) in [4.78, 5) is 15.9. The third-order valence-corrected chi connectivity index (χ3v) is 3.92. The van der Waals surface area contributed by atoms with Gasteiger partial charge < -0.3 is 10.6 Å². The topological polar surface area (TPSA) is 66.0 Å². The largest absolute Gasteiger partial charge is 0.354 e. The zero-order chi connectivity index (χ0) is 18.9. The quantitative estimate of drug-likeness (QED) is 0.559. The Morgan fingerprint density at radius 3 is 1.52 bits per heavy atom. The van der Waals surface area contributed by atoms with E-state index < -0.39 is 0 Å². The van der Waals surface area contributed by atoms with Crippen LogP contribution in [0.3, 0.4) is 0 Å². The standard InChI is InChI=1S/C21H26N6/c1-3-15-22-19-24-20(23-16-4-2)26-21(25-19)27(17-11-7-5-8-12-17)18-13-9-6-10-14-18/h5-14H,3-4,15-16H2,1-2H3,(H2,22,23,24,25,26). The number of hydrogen-bond donors (Lipinski definition) is 2. The summed E-state index contributed by atoms with van der Waals surface area (Å²) in [6.45, 7) is 5.86. The molecule has 27 heavy (non-hydrogen) atoms. The maximum Gasteiger partial charge on any atom is 0.241 e. The predicted octanol–water partition coefficient (Wildman–Crippen LogP) is 4.99. The predicted molar refractivity (Wildman–Crippen MR) is 112 cm³/mol. The Kier molecular flexibility index (Phi) is 6.57. The van der Waals surface area contributed by atoms with Crippen molar-refractivity contribution in [3.05, 3.63) is 60.7 Å². The Balaban J connectivity index is 2.07. The number of benzene rings is 2. The number of anilines is 5. The number of rotatable bonds is 9. The van der Waals surface area contributed by atoms with Crippen molar-refractivity contribution >= 4 is 29.2 Å². The Hall–Kier alpha value is -3.15. The Labute approximate surface area is 160 Å². The molecule has 0 spiro atoms.